The highest BCUT2D eigenvalue weighted by atomic mass is 19.4. The first-order chi connectivity index (χ1) is 25.8. The minimum Gasteiger partial charge on any atom is -0.462 e. The highest BCUT2D eigenvalue weighted by molar-refractivity contribution is 5.92. The van der Waals surface area contributed by atoms with Crippen LogP contribution in [0, 0.1) is 0 Å². The van der Waals surface area contributed by atoms with Gasteiger partial charge in [0.25, 0.3) is 0 Å². The molecule has 14 heteroatoms. The molecule has 0 aliphatic carbocycles. The summed E-state index contributed by atoms with van der Waals surface area (Å²) in [6.45, 7) is 10.1. The lowest BCUT2D eigenvalue weighted by molar-refractivity contribution is -0.288. The highest BCUT2D eigenvalue weighted by Gasteiger charge is 2.72. The maximum atomic E-state index is 14.7. The molecule has 0 fully saturated rings. The summed E-state index contributed by atoms with van der Waals surface area (Å²) in [6.07, 6.45) is -11.1. The lowest BCUT2D eigenvalue weighted by Gasteiger charge is -2.38. The maximum Gasteiger partial charge on any atom is 0.411 e. The van der Waals surface area contributed by atoms with Crippen molar-refractivity contribution in [2.24, 2.45) is 0 Å². The fourth-order valence-electron chi connectivity index (χ4n) is 5.24. The molecular formula is C41H34F6O8. The Kier molecular flexibility index (Phi) is 13.1. The second kappa shape index (κ2) is 17.3. The van der Waals surface area contributed by atoms with E-state index in [-0.39, 0.29) is 47.0 Å². The van der Waals surface area contributed by atoms with Crippen molar-refractivity contribution in [3.63, 3.8) is 0 Å². The van der Waals surface area contributed by atoms with Gasteiger partial charge in [-0.1, -0.05) is 61.7 Å². The number of alkyl halides is 6. The van der Waals surface area contributed by atoms with E-state index in [1.165, 1.54) is 38.1 Å². The molecule has 0 aliphatic heterocycles. The SMILES string of the molecule is C=C(C)C(=O)OCCc1ccc(C(=O)Oc2ccc(C(c3ccc(OC(=O)c4ccc(CCOC(=O)C(=C)C)cc4)cc3)(C(F)(F)F)C(F)(F)F)cc2)cc1. The molecule has 0 aromatic heterocycles. The molecule has 0 amide bonds. The van der Waals surface area contributed by atoms with Gasteiger partial charge in [0.05, 0.1) is 24.3 Å². The van der Waals surface area contributed by atoms with Crippen LogP contribution in [0.5, 0.6) is 11.5 Å². The van der Waals surface area contributed by atoms with E-state index < -0.39 is 52.8 Å². The van der Waals surface area contributed by atoms with E-state index in [4.69, 9.17) is 18.9 Å². The largest absolute Gasteiger partial charge is 0.462 e. The molecule has 4 rings (SSSR count). The molecule has 0 aliphatic rings. The predicted molar refractivity (Wildman–Crippen MR) is 188 cm³/mol. The van der Waals surface area contributed by atoms with Gasteiger partial charge in [-0.15, -0.1) is 0 Å². The summed E-state index contributed by atoms with van der Waals surface area (Å²) in [6, 6.07) is 17.4. The standard InChI is InChI=1S/C41H34F6O8/c1-25(2)35(48)52-23-21-27-5-9-29(10-6-27)37(50)54-33-17-13-31(14-18-33)39(40(42,43)44,41(45,46)47)32-15-19-34(20-16-32)55-38(51)30-11-7-28(8-12-30)22-24-53-36(49)26(3)4/h5-20H,1,3,21-24H2,2,4H3. The van der Waals surface area contributed by atoms with Crippen molar-refractivity contribution in [3.8, 4) is 11.5 Å². The molecule has 0 unspecified atom stereocenters. The molecule has 288 valence electrons. The van der Waals surface area contributed by atoms with Crippen LogP contribution in [-0.2, 0) is 37.3 Å². The fraction of sp³-hybridized carbons (Fsp3) is 0.220. The van der Waals surface area contributed by atoms with E-state index in [0.29, 0.717) is 48.2 Å². The summed E-state index contributed by atoms with van der Waals surface area (Å²) in [5, 5.41) is 0. The number of carbonyl (C=O) groups is 4. The zero-order chi connectivity index (χ0) is 40.6. The number of benzene rings is 4. The second-order valence-electron chi connectivity index (χ2n) is 12.3. The Balaban J connectivity index is 1.47. The van der Waals surface area contributed by atoms with Crippen molar-refractivity contribution in [3.05, 3.63) is 155 Å². The maximum absolute atomic E-state index is 14.7. The molecule has 55 heavy (non-hydrogen) atoms. The van der Waals surface area contributed by atoms with E-state index in [1.54, 1.807) is 24.3 Å². The van der Waals surface area contributed by atoms with Crippen LogP contribution in [0.15, 0.2) is 121 Å². The van der Waals surface area contributed by atoms with Crippen LogP contribution in [0.3, 0.4) is 0 Å². The third kappa shape index (κ3) is 10.1. The van der Waals surface area contributed by atoms with Crippen molar-refractivity contribution < 1.29 is 64.5 Å². The number of esters is 4. The molecule has 0 atom stereocenters. The summed E-state index contributed by atoms with van der Waals surface area (Å²) in [7, 11) is 0. The first kappa shape index (κ1) is 41.6. The Morgan fingerprint density at radius 3 is 1.09 bits per heavy atom. The predicted octanol–water partition coefficient (Wildman–Crippen LogP) is 8.86. The summed E-state index contributed by atoms with van der Waals surface area (Å²) in [4.78, 5) is 48.4. The van der Waals surface area contributed by atoms with Gasteiger partial charge >= 0.3 is 36.2 Å². The van der Waals surface area contributed by atoms with Crippen LogP contribution < -0.4 is 9.47 Å². The van der Waals surface area contributed by atoms with Crippen molar-refractivity contribution in [2.75, 3.05) is 13.2 Å². The minimum atomic E-state index is -5.91. The Morgan fingerprint density at radius 1 is 0.509 bits per heavy atom. The van der Waals surface area contributed by atoms with Crippen LogP contribution >= 0.6 is 0 Å². The number of rotatable bonds is 14. The molecule has 0 heterocycles. The van der Waals surface area contributed by atoms with Gasteiger partial charge in [0.15, 0.2) is 0 Å². The van der Waals surface area contributed by atoms with Crippen molar-refractivity contribution in [2.45, 2.75) is 44.5 Å². The van der Waals surface area contributed by atoms with Crippen LogP contribution in [0.4, 0.5) is 26.3 Å². The number of ether oxygens (including phenoxy) is 4. The van der Waals surface area contributed by atoms with Gasteiger partial charge in [0.1, 0.15) is 11.5 Å². The number of carbonyl (C=O) groups excluding carboxylic acids is 4. The third-order valence-corrected chi connectivity index (χ3v) is 8.17. The molecule has 8 nitrogen and oxygen atoms in total. The molecular weight excluding hydrogens is 734 g/mol. The van der Waals surface area contributed by atoms with Gasteiger partial charge < -0.3 is 18.9 Å². The molecule has 0 saturated heterocycles. The number of hydrogen-bond donors (Lipinski definition) is 0. The monoisotopic (exact) mass is 768 g/mol. The van der Waals surface area contributed by atoms with Gasteiger partial charge in [-0.25, -0.2) is 19.2 Å². The Morgan fingerprint density at radius 2 is 0.818 bits per heavy atom. The van der Waals surface area contributed by atoms with Crippen LogP contribution in [0.25, 0.3) is 0 Å². The number of halogens is 6. The molecule has 4 aromatic carbocycles. The summed E-state index contributed by atoms with van der Waals surface area (Å²) >= 11 is 0. The Hall–Kier alpha value is -6.18. The Bertz CT molecular complexity index is 1880. The lowest BCUT2D eigenvalue weighted by Crippen LogP contribution is -2.54. The molecule has 0 radical (unpaired) electrons. The average molecular weight is 769 g/mol. The molecule has 4 aromatic rings. The first-order valence-electron chi connectivity index (χ1n) is 16.5. The van der Waals surface area contributed by atoms with Crippen molar-refractivity contribution >= 4 is 23.9 Å². The van der Waals surface area contributed by atoms with Gasteiger partial charge in [-0.2, -0.15) is 26.3 Å². The fourth-order valence-corrected chi connectivity index (χ4v) is 5.24. The second-order valence-corrected chi connectivity index (χ2v) is 12.3. The van der Waals surface area contributed by atoms with E-state index in [9.17, 15) is 45.5 Å². The zero-order valence-electron chi connectivity index (χ0n) is 29.5. The van der Waals surface area contributed by atoms with Gasteiger partial charge in [0, 0.05) is 24.0 Å². The lowest BCUT2D eigenvalue weighted by atomic mass is 9.73. The van der Waals surface area contributed by atoms with Crippen molar-refractivity contribution in [1.29, 1.82) is 0 Å². The van der Waals surface area contributed by atoms with Crippen LogP contribution in [0.1, 0.15) is 56.8 Å². The van der Waals surface area contributed by atoms with E-state index in [0.717, 1.165) is 24.3 Å². The van der Waals surface area contributed by atoms with Crippen LogP contribution in [0.2, 0.25) is 0 Å². The van der Waals surface area contributed by atoms with Gasteiger partial charge in [-0.05, 0) is 84.6 Å². The van der Waals surface area contributed by atoms with Crippen LogP contribution in [-0.4, -0.2) is 49.4 Å². The topological polar surface area (TPSA) is 105 Å². The zero-order valence-corrected chi connectivity index (χ0v) is 29.5. The highest BCUT2D eigenvalue weighted by Crippen LogP contribution is 2.56. The summed E-state index contributed by atoms with van der Waals surface area (Å²) < 4.78 is 109. The first-order valence-corrected chi connectivity index (χ1v) is 16.5. The molecule has 0 saturated carbocycles. The third-order valence-electron chi connectivity index (χ3n) is 8.17. The molecule has 0 N–H and O–H groups in total. The molecule has 0 spiro atoms. The summed E-state index contributed by atoms with van der Waals surface area (Å²) in [5.74, 6) is -3.58. The molecule has 0 bridgehead atoms. The van der Waals surface area contributed by atoms with Gasteiger partial charge in [0.2, 0.25) is 5.41 Å². The minimum absolute atomic E-state index is 0.0447. The van der Waals surface area contributed by atoms with Crippen molar-refractivity contribution in [1.82, 2.24) is 0 Å². The average Bonchev–Trinajstić information content (AvgIpc) is 3.12. The summed E-state index contributed by atoms with van der Waals surface area (Å²) in [5.41, 5.74) is -4.95. The quantitative estimate of drug-likeness (QED) is 0.0543. The smallest absolute Gasteiger partial charge is 0.411 e. The van der Waals surface area contributed by atoms with Gasteiger partial charge in [-0.3, -0.25) is 0 Å². The van der Waals surface area contributed by atoms with E-state index >= 15 is 0 Å². The number of hydrogen-bond acceptors (Lipinski definition) is 8. The normalized spacial score (nSPS) is 11.6. The Labute approximate surface area is 312 Å². The van der Waals surface area contributed by atoms with E-state index in [1.807, 2.05) is 0 Å². The van der Waals surface area contributed by atoms with E-state index in [2.05, 4.69) is 13.2 Å².